The van der Waals surface area contributed by atoms with Crippen molar-refractivity contribution in [3.63, 3.8) is 0 Å². The first kappa shape index (κ1) is 12.5. The van der Waals surface area contributed by atoms with Gasteiger partial charge in [0.2, 0.25) is 0 Å². The SMILES string of the molecule is CC#CCC(NCC)C1CCS(=O)(=O)C1. The Balaban J connectivity index is 2.59. The fourth-order valence-electron chi connectivity index (χ4n) is 2.02. The molecule has 1 N–H and O–H groups in total. The van der Waals surface area contributed by atoms with Crippen molar-refractivity contribution in [2.45, 2.75) is 32.7 Å². The summed E-state index contributed by atoms with van der Waals surface area (Å²) in [5.41, 5.74) is 0. The standard InChI is InChI=1S/C11H19NO2S/c1-3-5-6-11(12-4-2)10-7-8-15(13,14)9-10/h10-12H,4,6-9H2,1-2H3. The number of sulfone groups is 1. The van der Waals surface area contributed by atoms with Gasteiger partial charge in [-0.25, -0.2) is 8.42 Å². The predicted molar refractivity (Wildman–Crippen MR) is 62.3 cm³/mol. The second-order valence-corrected chi connectivity index (χ2v) is 6.19. The molecule has 0 spiro atoms. The predicted octanol–water partition coefficient (Wildman–Crippen LogP) is 0.813. The first-order valence-corrected chi connectivity index (χ1v) is 7.24. The van der Waals surface area contributed by atoms with Crippen LogP contribution in [-0.2, 0) is 9.84 Å². The minimum atomic E-state index is -2.77. The molecule has 1 aliphatic rings. The third-order valence-electron chi connectivity index (χ3n) is 2.80. The molecule has 1 fully saturated rings. The fourth-order valence-corrected chi connectivity index (χ4v) is 3.90. The largest absolute Gasteiger partial charge is 0.313 e. The molecule has 0 radical (unpaired) electrons. The van der Waals surface area contributed by atoms with E-state index < -0.39 is 9.84 Å². The van der Waals surface area contributed by atoms with Crippen LogP contribution in [0, 0.1) is 17.8 Å². The van der Waals surface area contributed by atoms with E-state index >= 15 is 0 Å². The molecule has 86 valence electrons. The van der Waals surface area contributed by atoms with Gasteiger partial charge in [0.1, 0.15) is 0 Å². The molecule has 1 aliphatic heterocycles. The average molecular weight is 229 g/mol. The van der Waals surface area contributed by atoms with Crippen LogP contribution in [0.4, 0.5) is 0 Å². The third-order valence-corrected chi connectivity index (χ3v) is 4.60. The number of hydrogen-bond donors (Lipinski definition) is 1. The molecule has 0 aromatic carbocycles. The molecule has 0 amide bonds. The van der Waals surface area contributed by atoms with Crippen molar-refractivity contribution >= 4 is 9.84 Å². The monoisotopic (exact) mass is 229 g/mol. The second-order valence-electron chi connectivity index (χ2n) is 3.96. The molecule has 0 bridgehead atoms. The van der Waals surface area contributed by atoms with Gasteiger partial charge in [-0.15, -0.1) is 11.8 Å². The van der Waals surface area contributed by atoms with Gasteiger partial charge < -0.3 is 5.32 Å². The molecule has 0 aromatic rings. The summed E-state index contributed by atoms with van der Waals surface area (Å²) >= 11 is 0. The quantitative estimate of drug-likeness (QED) is 0.726. The Morgan fingerprint density at radius 2 is 2.27 bits per heavy atom. The molecular weight excluding hydrogens is 210 g/mol. The van der Waals surface area contributed by atoms with Gasteiger partial charge in [-0.1, -0.05) is 6.92 Å². The van der Waals surface area contributed by atoms with Crippen LogP contribution in [0.15, 0.2) is 0 Å². The zero-order chi connectivity index (χ0) is 11.3. The molecule has 1 saturated heterocycles. The maximum atomic E-state index is 11.4. The molecule has 1 rings (SSSR count). The zero-order valence-corrected chi connectivity index (χ0v) is 10.2. The van der Waals surface area contributed by atoms with Crippen LogP contribution in [0.1, 0.15) is 26.7 Å². The zero-order valence-electron chi connectivity index (χ0n) is 9.41. The average Bonchev–Trinajstić information content (AvgIpc) is 2.53. The minimum Gasteiger partial charge on any atom is -0.313 e. The Bertz CT molecular complexity index is 351. The van der Waals surface area contributed by atoms with Crippen molar-refractivity contribution in [1.82, 2.24) is 5.32 Å². The van der Waals surface area contributed by atoms with E-state index in [4.69, 9.17) is 0 Å². The van der Waals surface area contributed by atoms with Crippen molar-refractivity contribution in [1.29, 1.82) is 0 Å². The first-order chi connectivity index (χ1) is 7.09. The van der Waals surface area contributed by atoms with E-state index in [1.807, 2.05) is 13.8 Å². The van der Waals surface area contributed by atoms with Crippen LogP contribution < -0.4 is 5.32 Å². The summed E-state index contributed by atoms with van der Waals surface area (Å²) in [6, 6.07) is 0.236. The Hall–Kier alpha value is -0.530. The first-order valence-electron chi connectivity index (χ1n) is 5.42. The van der Waals surface area contributed by atoms with Crippen LogP contribution in [-0.4, -0.2) is 32.5 Å². The minimum absolute atomic E-state index is 0.236. The fraction of sp³-hybridized carbons (Fsp3) is 0.818. The van der Waals surface area contributed by atoms with Crippen molar-refractivity contribution < 1.29 is 8.42 Å². The Labute approximate surface area is 92.6 Å². The van der Waals surface area contributed by atoms with Gasteiger partial charge in [0.05, 0.1) is 11.5 Å². The highest BCUT2D eigenvalue weighted by Crippen LogP contribution is 2.23. The van der Waals surface area contributed by atoms with Gasteiger partial charge in [-0.2, -0.15) is 0 Å². The Morgan fingerprint density at radius 1 is 1.53 bits per heavy atom. The van der Waals surface area contributed by atoms with Crippen molar-refractivity contribution in [3.8, 4) is 11.8 Å². The lowest BCUT2D eigenvalue weighted by atomic mass is 9.96. The summed E-state index contributed by atoms with van der Waals surface area (Å²) in [5, 5.41) is 3.33. The number of hydrogen-bond acceptors (Lipinski definition) is 3. The molecule has 15 heavy (non-hydrogen) atoms. The van der Waals surface area contributed by atoms with Crippen molar-refractivity contribution in [2.24, 2.45) is 5.92 Å². The van der Waals surface area contributed by atoms with E-state index in [1.165, 1.54) is 0 Å². The van der Waals surface area contributed by atoms with E-state index in [0.717, 1.165) is 19.4 Å². The smallest absolute Gasteiger partial charge is 0.150 e. The lowest BCUT2D eigenvalue weighted by molar-refractivity contribution is 0.394. The van der Waals surface area contributed by atoms with Crippen LogP contribution >= 0.6 is 0 Å². The molecule has 2 atom stereocenters. The summed E-state index contributed by atoms with van der Waals surface area (Å²) in [5.74, 6) is 6.81. The highest BCUT2D eigenvalue weighted by molar-refractivity contribution is 7.91. The molecule has 4 heteroatoms. The van der Waals surface area contributed by atoms with E-state index in [-0.39, 0.29) is 12.0 Å². The van der Waals surface area contributed by atoms with Gasteiger partial charge in [0, 0.05) is 12.5 Å². The van der Waals surface area contributed by atoms with Crippen LogP contribution in [0.5, 0.6) is 0 Å². The Morgan fingerprint density at radius 3 is 2.73 bits per heavy atom. The summed E-state index contributed by atoms with van der Waals surface area (Å²) in [7, 11) is -2.77. The third kappa shape index (κ3) is 3.84. The molecule has 0 saturated carbocycles. The molecule has 0 aliphatic carbocycles. The molecule has 2 unspecified atom stereocenters. The summed E-state index contributed by atoms with van der Waals surface area (Å²) in [4.78, 5) is 0. The van der Waals surface area contributed by atoms with Gasteiger partial charge in [-0.05, 0) is 25.8 Å². The van der Waals surface area contributed by atoms with Gasteiger partial charge in [-0.3, -0.25) is 0 Å². The molecule has 3 nitrogen and oxygen atoms in total. The lowest BCUT2D eigenvalue weighted by Gasteiger charge is -2.20. The van der Waals surface area contributed by atoms with E-state index in [9.17, 15) is 8.42 Å². The highest BCUT2D eigenvalue weighted by atomic mass is 32.2. The van der Waals surface area contributed by atoms with Crippen molar-refractivity contribution in [2.75, 3.05) is 18.1 Å². The lowest BCUT2D eigenvalue weighted by Crippen LogP contribution is -2.36. The van der Waals surface area contributed by atoms with Gasteiger partial charge in [0.15, 0.2) is 9.84 Å². The second kappa shape index (κ2) is 5.53. The maximum absolute atomic E-state index is 11.4. The molecule has 0 aromatic heterocycles. The van der Waals surface area contributed by atoms with E-state index in [0.29, 0.717) is 11.5 Å². The van der Waals surface area contributed by atoms with Crippen molar-refractivity contribution in [3.05, 3.63) is 0 Å². The normalized spacial score (nSPS) is 25.6. The number of nitrogens with one attached hydrogen (secondary N) is 1. The van der Waals surface area contributed by atoms with Crippen LogP contribution in [0.2, 0.25) is 0 Å². The van der Waals surface area contributed by atoms with Gasteiger partial charge >= 0.3 is 0 Å². The molecular formula is C11H19NO2S. The maximum Gasteiger partial charge on any atom is 0.150 e. The van der Waals surface area contributed by atoms with E-state index in [2.05, 4.69) is 17.2 Å². The van der Waals surface area contributed by atoms with Crippen LogP contribution in [0.25, 0.3) is 0 Å². The summed E-state index contributed by atoms with van der Waals surface area (Å²) in [6.45, 7) is 4.72. The van der Waals surface area contributed by atoms with Crippen LogP contribution in [0.3, 0.4) is 0 Å². The summed E-state index contributed by atoms with van der Waals surface area (Å²) < 4.78 is 22.7. The number of rotatable bonds is 4. The Kier molecular flexibility index (Phi) is 4.62. The summed E-state index contributed by atoms with van der Waals surface area (Å²) in [6.07, 6.45) is 1.54. The topological polar surface area (TPSA) is 46.2 Å². The van der Waals surface area contributed by atoms with E-state index in [1.54, 1.807) is 0 Å². The molecule has 1 heterocycles. The highest BCUT2D eigenvalue weighted by Gasteiger charge is 2.32. The van der Waals surface area contributed by atoms with Gasteiger partial charge in [0.25, 0.3) is 0 Å².